The van der Waals surface area contributed by atoms with E-state index in [1.807, 2.05) is 19.9 Å². The number of carbonyl (C=O) groups is 2. The zero-order valence-electron chi connectivity index (χ0n) is 19.0. The Kier molecular flexibility index (Phi) is 8.62. The maximum absolute atomic E-state index is 12.5. The van der Waals surface area contributed by atoms with Crippen LogP contribution in [0.1, 0.15) is 25.3 Å². The van der Waals surface area contributed by atoms with Gasteiger partial charge in [-0.25, -0.2) is 12.7 Å². The first-order chi connectivity index (χ1) is 15.1. The van der Waals surface area contributed by atoms with Gasteiger partial charge in [-0.3, -0.25) is 9.59 Å². The Labute approximate surface area is 189 Å². The zero-order chi connectivity index (χ0) is 23.9. The first-order valence-electron chi connectivity index (χ1n) is 10.1. The van der Waals surface area contributed by atoms with Crippen molar-refractivity contribution >= 4 is 38.9 Å². The summed E-state index contributed by atoms with van der Waals surface area (Å²) in [5, 5.41) is 8.60. The van der Waals surface area contributed by atoms with Gasteiger partial charge in [0.2, 0.25) is 21.8 Å². The zero-order valence-corrected chi connectivity index (χ0v) is 19.8. The van der Waals surface area contributed by atoms with E-state index in [2.05, 4.69) is 16.0 Å². The number of nitrogens with one attached hydrogen (secondary N) is 3. The van der Waals surface area contributed by atoms with E-state index in [1.54, 1.807) is 18.2 Å². The molecule has 0 aliphatic carbocycles. The summed E-state index contributed by atoms with van der Waals surface area (Å²) in [6.45, 7) is 3.74. The van der Waals surface area contributed by atoms with Crippen molar-refractivity contribution in [2.24, 2.45) is 0 Å². The van der Waals surface area contributed by atoms with Crippen LogP contribution in [0, 0.1) is 6.92 Å². The predicted octanol–water partition coefficient (Wildman–Crippen LogP) is 3.04. The highest BCUT2D eigenvalue weighted by atomic mass is 32.2. The summed E-state index contributed by atoms with van der Waals surface area (Å²) >= 11 is 0. The maximum atomic E-state index is 12.5. The van der Waals surface area contributed by atoms with Crippen molar-refractivity contribution in [1.82, 2.24) is 4.31 Å². The molecule has 2 aromatic carbocycles. The van der Waals surface area contributed by atoms with Crippen LogP contribution in [0.3, 0.4) is 0 Å². The van der Waals surface area contributed by atoms with Gasteiger partial charge in [0, 0.05) is 37.6 Å². The van der Waals surface area contributed by atoms with Gasteiger partial charge in [-0.15, -0.1) is 0 Å². The van der Waals surface area contributed by atoms with E-state index >= 15 is 0 Å². The van der Waals surface area contributed by atoms with Gasteiger partial charge < -0.3 is 20.7 Å². The van der Waals surface area contributed by atoms with Crippen molar-refractivity contribution in [3.8, 4) is 5.75 Å². The van der Waals surface area contributed by atoms with Gasteiger partial charge in [-0.1, -0.05) is 13.0 Å². The third-order valence-electron chi connectivity index (χ3n) is 4.73. The number of ether oxygens (including phenoxy) is 1. The maximum Gasteiger partial charge on any atom is 0.246 e. The van der Waals surface area contributed by atoms with Crippen LogP contribution in [0.2, 0.25) is 0 Å². The molecule has 0 aromatic heterocycles. The normalized spacial score (nSPS) is 11.2. The van der Waals surface area contributed by atoms with Crippen LogP contribution in [-0.4, -0.2) is 52.3 Å². The number of hydrogen-bond donors (Lipinski definition) is 3. The molecule has 2 amide bonds. The summed E-state index contributed by atoms with van der Waals surface area (Å²) in [4.78, 5) is 24.3. The molecule has 0 fully saturated rings. The number of methoxy groups -OCH3 is 1. The van der Waals surface area contributed by atoms with Gasteiger partial charge in [0.15, 0.2) is 0 Å². The van der Waals surface area contributed by atoms with E-state index in [0.29, 0.717) is 23.5 Å². The van der Waals surface area contributed by atoms with Crippen LogP contribution in [0.15, 0.2) is 41.3 Å². The minimum Gasteiger partial charge on any atom is -0.495 e. The van der Waals surface area contributed by atoms with Gasteiger partial charge in [-0.05, 0) is 49.2 Å². The summed E-state index contributed by atoms with van der Waals surface area (Å²) in [6, 6.07) is 9.83. The van der Waals surface area contributed by atoms with Crippen molar-refractivity contribution in [2.45, 2.75) is 31.6 Å². The van der Waals surface area contributed by atoms with Crippen molar-refractivity contribution in [1.29, 1.82) is 0 Å². The van der Waals surface area contributed by atoms with Crippen molar-refractivity contribution in [3.63, 3.8) is 0 Å². The fraction of sp³-hybridized carbons (Fsp3) is 0.364. The highest BCUT2D eigenvalue weighted by molar-refractivity contribution is 7.89. The van der Waals surface area contributed by atoms with E-state index in [0.717, 1.165) is 16.3 Å². The van der Waals surface area contributed by atoms with Gasteiger partial charge in [0.05, 0.1) is 13.7 Å². The molecule has 32 heavy (non-hydrogen) atoms. The van der Waals surface area contributed by atoms with E-state index in [-0.39, 0.29) is 29.0 Å². The summed E-state index contributed by atoms with van der Waals surface area (Å²) in [6.07, 6.45) is 1.19. The van der Waals surface area contributed by atoms with Crippen LogP contribution < -0.4 is 20.7 Å². The summed E-state index contributed by atoms with van der Waals surface area (Å²) < 4.78 is 31.3. The van der Waals surface area contributed by atoms with E-state index in [4.69, 9.17) is 4.74 Å². The SMILES string of the molecule is CCCC(=O)Nc1cccc(NCC(=O)Nc2ccc(OC)c(S(=O)(=O)N(C)C)c2)c1C. The Morgan fingerprint density at radius 1 is 1.03 bits per heavy atom. The van der Waals surface area contributed by atoms with Crippen LogP contribution in [-0.2, 0) is 19.6 Å². The minimum absolute atomic E-state index is 0.0397. The molecule has 0 aliphatic heterocycles. The molecular weight excluding hydrogens is 432 g/mol. The molecule has 0 aliphatic rings. The number of anilines is 3. The second-order valence-corrected chi connectivity index (χ2v) is 9.45. The molecular formula is C22H30N4O5S. The summed E-state index contributed by atoms with van der Waals surface area (Å²) in [5.41, 5.74) is 2.53. The van der Waals surface area contributed by atoms with Crippen LogP contribution >= 0.6 is 0 Å². The molecule has 2 aromatic rings. The Balaban J connectivity index is 2.10. The van der Waals surface area contributed by atoms with E-state index < -0.39 is 10.0 Å². The van der Waals surface area contributed by atoms with E-state index in [1.165, 1.54) is 33.3 Å². The summed E-state index contributed by atoms with van der Waals surface area (Å²) in [7, 11) is 0.475. The van der Waals surface area contributed by atoms with Crippen molar-refractivity contribution < 1.29 is 22.7 Å². The third kappa shape index (κ3) is 6.21. The number of hydrogen-bond acceptors (Lipinski definition) is 6. The second-order valence-electron chi connectivity index (χ2n) is 7.33. The Hall–Kier alpha value is -3.11. The number of sulfonamides is 1. The first kappa shape index (κ1) is 25.2. The third-order valence-corrected chi connectivity index (χ3v) is 6.57. The largest absolute Gasteiger partial charge is 0.495 e. The Morgan fingerprint density at radius 2 is 1.72 bits per heavy atom. The molecule has 0 atom stereocenters. The van der Waals surface area contributed by atoms with E-state index in [9.17, 15) is 18.0 Å². The lowest BCUT2D eigenvalue weighted by Crippen LogP contribution is -2.24. The predicted molar refractivity (Wildman–Crippen MR) is 126 cm³/mol. The van der Waals surface area contributed by atoms with Gasteiger partial charge in [0.1, 0.15) is 10.6 Å². The van der Waals surface area contributed by atoms with Crippen LogP contribution in [0.25, 0.3) is 0 Å². The minimum atomic E-state index is -3.75. The quantitative estimate of drug-likeness (QED) is 0.500. The average Bonchev–Trinajstić information content (AvgIpc) is 2.74. The first-order valence-corrected chi connectivity index (χ1v) is 11.6. The Morgan fingerprint density at radius 3 is 2.34 bits per heavy atom. The number of carbonyl (C=O) groups excluding carboxylic acids is 2. The number of rotatable bonds is 10. The lowest BCUT2D eigenvalue weighted by atomic mass is 10.1. The molecule has 0 bridgehead atoms. The molecule has 10 heteroatoms. The fourth-order valence-electron chi connectivity index (χ4n) is 2.94. The molecule has 0 radical (unpaired) electrons. The van der Waals surface area contributed by atoms with Crippen LogP contribution in [0.4, 0.5) is 17.1 Å². The number of amides is 2. The lowest BCUT2D eigenvalue weighted by molar-refractivity contribution is -0.116. The Bertz CT molecular complexity index is 1080. The highest BCUT2D eigenvalue weighted by Crippen LogP contribution is 2.29. The lowest BCUT2D eigenvalue weighted by Gasteiger charge is -2.16. The molecule has 9 nitrogen and oxygen atoms in total. The molecule has 0 heterocycles. The molecule has 3 N–H and O–H groups in total. The number of benzene rings is 2. The highest BCUT2D eigenvalue weighted by Gasteiger charge is 2.23. The van der Waals surface area contributed by atoms with Crippen molar-refractivity contribution in [2.75, 3.05) is 43.7 Å². The van der Waals surface area contributed by atoms with Crippen molar-refractivity contribution in [3.05, 3.63) is 42.0 Å². The number of nitrogens with zero attached hydrogens (tertiary/aromatic N) is 1. The average molecular weight is 463 g/mol. The van der Waals surface area contributed by atoms with Gasteiger partial charge in [0.25, 0.3) is 0 Å². The second kappa shape index (κ2) is 11.0. The smallest absolute Gasteiger partial charge is 0.246 e. The van der Waals surface area contributed by atoms with Gasteiger partial charge in [-0.2, -0.15) is 0 Å². The molecule has 0 spiro atoms. The van der Waals surface area contributed by atoms with Gasteiger partial charge >= 0.3 is 0 Å². The summed E-state index contributed by atoms with van der Waals surface area (Å²) in [5.74, 6) is -0.232. The fourth-order valence-corrected chi connectivity index (χ4v) is 4.01. The molecule has 2 rings (SSSR count). The molecule has 0 saturated heterocycles. The standard InChI is InChI=1S/C22H30N4O5S/c1-6-8-21(27)25-18-10-7-9-17(15(18)2)23-14-22(28)24-16-11-12-19(31-5)20(13-16)32(29,30)26(3)4/h7,9-13,23H,6,8,14H2,1-5H3,(H,24,28)(H,25,27). The molecule has 174 valence electrons. The molecule has 0 unspecified atom stereocenters. The monoisotopic (exact) mass is 462 g/mol. The topological polar surface area (TPSA) is 117 Å². The van der Waals surface area contributed by atoms with Crippen LogP contribution in [0.5, 0.6) is 5.75 Å². The molecule has 0 saturated carbocycles.